The van der Waals surface area contributed by atoms with Crippen molar-refractivity contribution in [1.29, 1.82) is 0 Å². The molecule has 0 radical (unpaired) electrons. The summed E-state index contributed by atoms with van der Waals surface area (Å²) in [5, 5.41) is 0.469. The second-order valence-electron chi connectivity index (χ2n) is 5.64. The number of cyclic esters (lactones) is 1. The summed E-state index contributed by atoms with van der Waals surface area (Å²) in [6.45, 7) is 0. The quantitative estimate of drug-likeness (QED) is 0.540. The topological polar surface area (TPSA) is 75.6 Å². The van der Waals surface area contributed by atoms with Crippen molar-refractivity contribution >= 4 is 29.5 Å². The van der Waals surface area contributed by atoms with Crippen LogP contribution in [0.5, 0.6) is 23.0 Å². The summed E-state index contributed by atoms with van der Waals surface area (Å²) in [4.78, 5) is 16.6. The van der Waals surface area contributed by atoms with Crippen LogP contribution in [0, 0.1) is 0 Å². The SMILES string of the molecule is COc1ccc(Cl)cc1C1=NC(=Cc2cc(OC)c(OC)c(OC)c2)C(=O)O1. The average molecular weight is 404 g/mol. The smallest absolute Gasteiger partial charge is 0.363 e. The predicted molar refractivity (Wildman–Crippen MR) is 105 cm³/mol. The first-order chi connectivity index (χ1) is 13.5. The molecule has 1 heterocycles. The van der Waals surface area contributed by atoms with Crippen molar-refractivity contribution in [3.8, 4) is 23.0 Å². The van der Waals surface area contributed by atoms with Gasteiger partial charge in [0.1, 0.15) is 5.75 Å². The van der Waals surface area contributed by atoms with Crippen molar-refractivity contribution in [3.63, 3.8) is 0 Å². The minimum atomic E-state index is -0.592. The Morgan fingerprint density at radius 2 is 1.57 bits per heavy atom. The molecule has 2 aromatic carbocycles. The Balaban J connectivity index is 2.04. The van der Waals surface area contributed by atoms with Crippen LogP contribution in [0.4, 0.5) is 0 Å². The van der Waals surface area contributed by atoms with E-state index in [4.69, 9.17) is 35.3 Å². The molecule has 0 aromatic heterocycles. The summed E-state index contributed by atoms with van der Waals surface area (Å²) in [6.07, 6.45) is 1.57. The molecule has 2 aromatic rings. The van der Waals surface area contributed by atoms with Crippen LogP contribution >= 0.6 is 11.6 Å². The first kappa shape index (κ1) is 19.6. The van der Waals surface area contributed by atoms with Crippen LogP contribution in [0.25, 0.3) is 6.08 Å². The van der Waals surface area contributed by atoms with Gasteiger partial charge < -0.3 is 23.7 Å². The van der Waals surface area contributed by atoms with Gasteiger partial charge in [-0.05, 0) is 42.0 Å². The van der Waals surface area contributed by atoms with Gasteiger partial charge in [-0.2, -0.15) is 0 Å². The fourth-order valence-corrected chi connectivity index (χ4v) is 2.89. The number of ether oxygens (including phenoxy) is 5. The molecule has 1 aliphatic heterocycles. The largest absolute Gasteiger partial charge is 0.496 e. The van der Waals surface area contributed by atoms with E-state index in [9.17, 15) is 4.79 Å². The number of nitrogens with zero attached hydrogens (tertiary/aromatic N) is 1. The summed E-state index contributed by atoms with van der Waals surface area (Å²) in [7, 11) is 6.05. The Labute approximate surface area is 167 Å². The molecule has 146 valence electrons. The van der Waals surface area contributed by atoms with E-state index in [1.165, 1.54) is 28.4 Å². The maximum atomic E-state index is 12.3. The Kier molecular flexibility index (Phi) is 5.75. The number of carbonyl (C=O) groups is 1. The highest BCUT2D eigenvalue weighted by atomic mass is 35.5. The van der Waals surface area contributed by atoms with Crippen LogP contribution in [0.3, 0.4) is 0 Å². The van der Waals surface area contributed by atoms with Gasteiger partial charge in [0, 0.05) is 5.02 Å². The summed E-state index contributed by atoms with van der Waals surface area (Å²) in [5.41, 5.74) is 1.23. The molecule has 8 heteroatoms. The van der Waals surface area contributed by atoms with Gasteiger partial charge in [0.25, 0.3) is 0 Å². The van der Waals surface area contributed by atoms with Crippen LogP contribution in [-0.4, -0.2) is 40.3 Å². The van der Waals surface area contributed by atoms with Gasteiger partial charge >= 0.3 is 5.97 Å². The minimum Gasteiger partial charge on any atom is -0.496 e. The van der Waals surface area contributed by atoms with Crippen molar-refractivity contribution in [3.05, 3.63) is 52.2 Å². The molecule has 0 saturated carbocycles. The molecule has 0 bridgehead atoms. The van der Waals surface area contributed by atoms with E-state index in [2.05, 4.69) is 4.99 Å². The van der Waals surface area contributed by atoms with Gasteiger partial charge in [-0.25, -0.2) is 9.79 Å². The van der Waals surface area contributed by atoms with Crippen molar-refractivity contribution in [2.75, 3.05) is 28.4 Å². The number of halogens is 1. The normalized spacial score (nSPS) is 14.5. The van der Waals surface area contributed by atoms with Gasteiger partial charge in [-0.15, -0.1) is 0 Å². The number of carbonyl (C=O) groups excluding carboxylic acids is 1. The van der Waals surface area contributed by atoms with E-state index in [0.717, 1.165) is 0 Å². The van der Waals surface area contributed by atoms with Crippen molar-refractivity contribution in [2.24, 2.45) is 4.99 Å². The standard InChI is InChI=1S/C20H18ClNO6/c1-24-15-6-5-12(21)10-13(15)19-22-14(20(23)28-19)7-11-8-16(25-2)18(27-4)17(9-11)26-3/h5-10H,1-4H3. The molecule has 3 rings (SSSR count). The van der Waals surface area contributed by atoms with E-state index >= 15 is 0 Å². The van der Waals surface area contributed by atoms with E-state index in [1.54, 1.807) is 36.4 Å². The number of aliphatic imine (C=N–C) groups is 1. The molecule has 0 saturated heterocycles. The van der Waals surface area contributed by atoms with E-state index in [0.29, 0.717) is 39.1 Å². The molecule has 28 heavy (non-hydrogen) atoms. The third kappa shape index (κ3) is 3.75. The molecule has 0 atom stereocenters. The molecule has 0 fully saturated rings. The lowest BCUT2D eigenvalue weighted by Crippen LogP contribution is -2.07. The Bertz CT molecular complexity index is 958. The lowest BCUT2D eigenvalue weighted by Gasteiger charge is -2.12. The summed E-state index contributed by atoms with van der Waals surface area (Å²) in [5.74, 6) is 1.38. The van der Waals surface area contributed by atoms with Crippen LogP contribution in [0.1, 0.15) is 11.1 Å². The molecule has 0 unspecified atom stereocenters. The fourth-order valence-electron chi connectivity index (χ4n) is 2.71. The molecule has 0 N–H and O–H groups in total. The Morgan fingerprint density at radius 1 is 0.929 bits per heavy atom. The van der Waals surface area contributed by atoms with Crippen molar-refractivity contribution in [2.45, 2.75) is 0 Å². The molecular formula is C20H18ClNO6. The number of esters is 1. The lowest BCUT2D eigenvalue weighted by molar-refractivity contribution is -0.129. The zero-order chi connectivity index (χ0) is 20.3. The summed E-state index contributed by atoms with van der Waals surface area (Å²) in [6, 6.07) is 8.38. The molecule has 0 amide bonds. The van der Waals surface area contributed by atoms with Crippen molar-refractivity contribution < 1.29 is 28.5 Å². The fraction of sp³-hybridized carbons (Fsp3) is 0.200. The molecular weight excluding hydrogens is 386 g/mol. The minimum absolute atomic E-state index is 0.114. The average Bonchev–Trinajstić information content (AvgIpc) is 3.07. The Morgan fingerprint density at radius 3 is 2.14 bits per heavy atom. The van der Waals surface area contributed by atoms with Crippen LogP contribution in [0.2, 0.25) is 5.02 Å². The second kappa shape index (κ2) is 8.22. The Hall–Kier alpha value is -3.19. The first-order valence-electron chi connectivity index (χ1n) is 8.17. The number of rotatable bonds is 6. The molecule has 0 aliphatic carbocycles. The number of benzene rings is 2. The third-order valence-corrected chi connectivity index (χ3v) is 4.24. The first-order valence-corrected chi connectivity index (χ1v) is 8.55. The van der Waals surface area contributed by atoms with Crippen LogP contribution in [0.15, 0.2) is 41.0 Å². The molecule has 7 nitrogen and oxygen atoms in total. The lowest BCUT2D eigenvalue weighted by atomic mass is 10.1. The van der Waals surface area contributed by atoms with E-state index < -0.39 is 5.97 Å². The van der Waals surface area contributed by atoms with Crippen LogP contribution in [-0.2, 0) is 9.53 Å². The van der Waals surface area contributed by atoms with Gasteiger partial charge in [0.15, 0.2) is 17.2 Å². The summed E-state index contributed by atoms with van der Waals surface area (Å²) >= 11 is 6.04. The molecule has 1 aliphatic rings. The van der Waals surface area contributed by atoms with E-state index in [-0.39, 0.29) is 11.6 Å². The number of methoxy groups -OCH3 is 4. The predicted octanol–water partition coefficient (Wildman–Crippen LogP) is 3.72. The zero-order valence-corrected chi connectivity index (χ0v) is 16.5. The maximum absolute atomic E-state index is 12.3. The monoisotopic (exact) mass is 403 g/mol. The molecule has 0 spiro atoms. The number of hydrogen-bond donors (Lipinski definition) is 0. The second-order valence-corrected chi connectivity index (χ2v) is 6.08. The zero-order valence-electron chi connectivity index (χ0n) is 15.7. The van der Waals surface area contributed by atoms with Gasteiger partial charge in [-0.1, -0.05) is 11.6 Å². The highest BCUT2D eigenvalue weighted by Crippen LogP contribution is 2.39. The van der Waals surface area contributed by atoms with E-state index in [1.807, 2.05) is 0 Å². The van der Waals surface area contributed by atoms with Gasteiger partial charge in [0.2, 0.25) is 11.6 Å². The number of hydrogen-bond acceptors (Lipinski definition) is 7. The third-order valence-electron chi connectivity index (χ3n) is 4.00. The maximum Gasteiger partial charge on any atom is 0.363 e. The van der Waals surface area contributed by atoms with Crippen LogP contribution < -0.4 is 18.9 Å². The van der Waals surface area contributed by atoms with Gasteiger partial charge in [0.05, 0.1) is 34.0 Å². The van der Waals surface area contributed by atoms with Crippen molar-refractivity contribution in [1.82, 2.24) is 0 Å². The highest BCUT2D eigenvalue weighted by Gasteiger charge is 2.27. The van der Waals surface area contributed by atoms with Gasteiger partial charge in [-0.3, -0.25) is 0 Å². The summed E-state index contributed by atoms with van der Waals surface area (Å²) < 4.78 is 26.5. The highest BCUT2D eigenvalue weighted by molar-refractivity contribution is 6.31.